The SMILES string of the molecule is Cc1c(C(=O)N[C@H]2C[C@H]3CC[C@]2(C)C3(C)C)ncn1-c1ccccc1. The molecule has 2 saturated carbocycles. The topological polar surface area (TPSA) is 46.9 Å². The van der Waals surface area contributed by atoms with E-state index in [0.29, 0.717) is 17.0 Å². The lowest BCUT2D eigenvalue weighted by molar-refractivity contribution is 0.0821. The molecule has 1 amide bonds. The fourth-order valence-electron chi connectivity index (χ4n) is 5.13. The van der Waals surface area contributed by atoms with Crippen LogP contribution in [0.4, 0.5) is 0 Å². The molecule has 1 N–H and O–H groups in total. The summed E-state index contributed by atoms with van der Waals surface area (Å²) in [6, 6.07) is 10.3. The van der Waals surface area contributed by atoms with Gasteiger partial charge < -0.3 is 9.88 Å². The van der Waals surface area contributed by atoms with E-state index in [4.69, 9.17) is 0 Å². The van der Waals surface area contributed by atoms with Crippen molar-refractivity contribution in [1.82, 2.24) is 14.9 Å². The molecule has 2 aliphatic carbocycles. The zero-order valence-corrected chi connectivity index (χ0v) is 15.5. The second-order valence-corrected chi connectivity index (χ2v) is 8.52. The predicted octanol–water partition coefficient (Wildman–Crippen LogP) is 4.13. The number of amides is 1. The van der Waals surface area contributed by atoms with Crippen LogP contribution in [0.1, 0.15) is 56.2 Å². The van der Waals surface area contributed by atoms with Crippen molar-refractivity contribution in [2.75, 3.05) is 0 Å². The van der Waals surface area contributed by atoms with Gasteiger partial charge in [-0.05, 0) is 55.1 Å². The normalized spacial score (nSPS) is 29.8. The summed E-state index contributed by atoms with van der Waals surface area (Å²) >= 11 is 0. The molecule has 2 aliphatic rings. The number of rotatable bonds is 3. The third-order valence-electron chi connectivity index (χ3n) is 7.36. The molecular formula is C21H27N3O. The van der Waals surface area contributed by atoms with Crippen molar-refractivity contribution in [1.29, 1.82) is 0 Å². The molecule has 0 saturated heterocycles. The fraction of sp³-hybridized carbons (Fsp3) is 0.524. The van der Waals surface area contributed by atoms with E-state index in [-0.39, 0.29) is 17.4 Å². The Morgan fingerprint density at radius 1 is 1.24 bits per heavy atom. The van der Waals surface area contributed by atoms with Gasteiger partial charge in [0.2, 0.25) is 0 Å². The first kappa shape index (κ1) is 16.4. The van der Waals surface area contributed by atoms with Crippen LogP contribution in [0, 0.1) is 23.7 Å². The van der Waals surface area contributed by atoms with Crippen LogP contribution in [-0.4, -0.2) is 21.5 Å². The van der Waals surface area contributed by atoms with Crippen molar-refractivity contribution in [2.24, 2.45) is 16.7 Å². The van der Waals surface area contributed by atoms with Gasteiger partial charge in [0, 0.05) is 11.7 Å². The molecule has 2 fully saturated rings. The number of hydrogen-bond acceptors (Lipinski definition) is 2. The summed E-state index contributed by atoms with van der Waals surface area (Å²) in [6.45, 7) is 9.04. The lowest BCUT2D eigenvalue weighted by Crippen LogP contribution is -2.47. The minimum Gasteiger partial charge on any atom is -0.347 e. The standard InChI is InChI=1S/C21H27N3O/c1-14-18(22-13-24(14)16-8-6-5-7-9-16)19(25)23-17-12-15-10-11-21(17,4)20(15,2)3/h5-9,13,15,17H,10-12H2,1-4H3,(H,23,25)/t15-,17+,21+/m1/s1. The molecule has 0 spiro atoms. The van der Waals surface area contributed by atoms with Crippen LogP contribution >= 0.6 is 0 Å². The average Bonchev–Trinajstić information content (AvgIpc) is 3.14. The molecule has 2 aromatic rings. The number of fused-ring (bicyclic) bond motifs is 2. The van der Waals surface area contributed by atoms with Crippen molar-refractivity contribution >= 4 is 5.91 Å². The zero-order valence-electron chi connectivity index (χ0n) is 15.5. The summed E-state index contributed by atoms with van der Waals surface area (Å²) in [5, 5.41) is 3.31. The Hall–Kier alpha value is -2.10. The van der Waals surface area contributed by atoms with Crippen molar-refractivity contribution in [3.63, 3.8) is 0 Å². The van der Waals surface area contributed by atoms with E-state index in [1.807, 2.05) is 41.8 Å². The maximum Gasteiger partial charge on any atom is 0.272 e. The Kier molecular flexibility index (Phi) is 3.57. The number of nitrogens with zero attached hydrogens (tertiary/aromatic N) is 2. The Bertz CT molecular complexity index is 808. The Balaban J connectivity index is 1.57. The molecule has 0 unspecified atom stereocenters. The van der Waals surface area contributed by atoms with E-state index in [1.165, 1.54) is 12.8 Å². The molecule has 4 heteroatoms. The molecule has 1 aromatic carbocycles. The highest BCUT2D eigenvalue weighted by molar-refractivity contribution is 5.93. The van der Waals surface area contributed by atoms with Crippen molar-refractivity contribution in [3.05, 3.63) is 48.0 Å². The van der Waals surface area contributed by atoms with Gasteiger partial charge in [-0.2, -0.15) is 0 Å². The third kappa shape index (κ3) is 2.26. The van der Waals surface area contributed by atoms with Crippen LogP contribution in [-0.2, 0) is 0 Å². The molecule has 1 aromatic heterocycles. The van der Waals surface area contributed by atoms with E-state index in [9.17, 15) is 4.79 Å². The summed E-state index contributed by atoms with van der Waals surface area (Å²) in [7, 11) is 0. The maximum atomic E-state index is 12.9. The molecule has 132 valence electrons. The Morgan fingerprint density at radius 2 is 1.96 bits per heavy atom. The highest BCUT2D eigenvalue weighted by atomic mass is 16.2. The number of nitrogens with one attached hydrogen (secondary N) is 1. The molecule has 0 radical (unpaired) electrons. The minimum absolute atomic E-state index is 0.0400. The maximum absolute atomic E-state index is 12.9. The van der Waals surface area contributed by atoms with Gasteiger partial charge in [-0.15, -0.1) is 0 Å². The molecule has 4 rings (SSSR count). The summed E-state index contributed by atoms with van der Waals surface area (Å²) in [5.41, 5.74) is 2.93. The van der Waals surface area contributed by atoms with Gasteiger partial charge in [-0.25, -0.2) is 4.98 Å². The van der Waals surface area contributed by atoms with E-state index in [0.717, 1.165) is 17.8 Å². The highest BCUT2D eigenvalue weighted by Crippen LogP contribution is 2.65. The van der Waals surface area contributed by atoms with E-state index in [1.54, 1.807) is 6.33 Å². The van der Waals surface area contributed by atoms with Gasteiger partial charge in [-0.3, -0.25) is 4.79 Å². The van der Waals surface area contributed by atoms with Crippen LogP contribution in [0.5, 0.6) is 0 Å². The number of aromatic nitrogens is 2. The second kappa shape index (κ2) is 5.45. The van der Waals surface area contributed by atoms with Crippen LogP contribution in [0.25, 0.3) is 5.69 Å². The molecular weight excluding hydrogens is 310 g/mol. The molecule has 0 aliphatic heterocycles. The first-order valence-electron chi connectivity index (χ1n) is 9.25. The number of carbonyl (C=O) groups excluding carboxylic acids is 1. The Labute approximate surface area is 149 Å². The number of imidazole rings is 1. The van der Waals surface area contributed by atoms with Gasteiger partial charge in [0.1, 0.15) is 12.0 Å². The highest BCUT2D eigenvalue weighted by Gasteiger charge is 2.61. The molecule has 3 atom stereocenters. The van der Waals surface area contributed by atoms with E-state index < -0.39 is 0 Å². The quantitative estimate of drug-likeness (QED) is 0.915. The predicted molar refractivity (Wildman–Crippen MR) is 98.8 cm³/mol. The first-order valence-corrected chi connectivity index (χ1v) is 9.25. The lowest BCUT2D eigenvalue weighted by Gasteiger charge is -2.39. The molecule has 1 heterocycles. The van der Waals surface area contributed by atoms with Gasteiger partial charge in [0.05, 0.1) is 5.69 Å². The van der Waals surface area contributed by atoms with Crippen LogP contribution < -0.4 is 5.32 Å². The summed E-state index contributed by atoms with van der Waals surface area (Å²) in [6.07, 6.45) is 5.32. The lowest BCUT2D eigenvalue weighted by atomic mass is 9.69. The zero-order chi connectivity index (χ0) is 17.8. The van der Waals surface area contributed by atoms with Crippen molar-refractivity contribution < 1.29 is 4.79 Å². The molecule has 25 heavy (non-hydrogen) atoms. The number of hydrogen-bond donors (Lipinski definition) is 1. The smallest absolute Gasteiger partial charge is 0.272 e. The number of para-hydroxylation sites is 1. The van der Waals surface area contributed by atoms with Crippen LogP contribution in [0.3, 0.4) is 0 Å². The minimum atomic E-state index is -0.0400. The summed E-state index contributed by atoms with van der Waals surface area (Å²) in [5.74, 6) is 0.674. The molecule has 4 nitrogen and oxygen atoms in total. The van der Waals surface area contributed by atoms with Crippen LogP contribution in [0.2, 0.25) is 0 Å². The van der Waals surface area contributed by atoms with E-state index in [2.05, 4.69) is 31.1 Å². The average molecular weight is 337 g/mol. The monoisotopic (exact) mass is 337 g/mol. The van der Waals surface area contributed by atoms with Gasteiger partial charge in [-0.1, -0.05) is 39.0 Å². The van der Waals surface area contributed by atoms with E-state index >= 15 is 0 Å². The van der Waals surface area contributed by atoms with Crippen molar-refractivity contribution in [3.8, 4) is 5.69 Å². The van der Waals surface area contributed by atoms with Gasteiger partial charge >= 0.3 is 0 Å². The summed E-state index contributed by atoms with van der Waals surface area (Å²) in [4.78, 5) is 17.3. The molecule has 2 bridgehead atoms. The van der Waals surface area contributed by atoms with Crippen molar-refractivity contribution in [2.45, 2.75) is 53.0 Å². The number of carbonyl (C=O) groups is 1. The third-order valence-corrected chi connectivity index (χ3v) is 7.36. The largest absolute Gasteiger partial charge is 0.347 e. The van der Waals surface area contributed by atoms with Gasteiger partial charge in [0.15, 0.2) is 0 Å². The summed E-state index contributed by atoms with van der Waals surface area (Å²) < 4.78 is 1.97. The fourth-order valence-corrected chi connectivity index (χ4v) is 5.13. The van der Waals surface area contributed by atoms with Crippen LogP contribution in [0.15, 0.2) is 36.7 Å². The van der Waals surface area contributed by atoms with Gasteiger partial charge in [0.25, 0.3) is 5.91 Å². The first-order chi connectivity index (χ1) is 11.8. The number of benzene rings is 1. The Morgan fingerprint density at radius 3 is 2.56 bits per heavy atom. The second-order valence-electron chi connectivity index (χ2n) is 8.52.